The fourth-order valence-corrected chi connectivity index (χ4v) is 2.19. The number of nitrogens with zero attached hydrogens (tertiary/aromatic N) is 3. The monoisotopic (exact) mass is 302 g/mol. The lowest BCUT2D eigenvalue weighted by atomic mass is 10.1. The van der Waals surface area contributed by atoms with Gasteiger partial charge in [-0.3, -0.25) is 4.79 Å². The van der Waals surface area contributed by atoms with Crippen LogP contribution in [0.1, 0.15) is 12.0 Å². The van der Waals surface area contributed by atoms with E-state index in [1.807, 2.05) is 37.3 Å². The first kappa shape index (κ1) is 15.1. The van der Waals surface area contributed by atoms with E-state index in [4.69, 9.17) is 9.68 Å². The van der Waals surface area contributed by atoms with Gasteiger partial charge in [-0.25, -0.2) is 0 Å². The van der Waals surface area contributed by atoms with Crippen LogP contribution in [0, 0.1) is 18.3 Å². The molecule has 0 unspecified atom stereocenters. The van der Waals surface area contributed by atoms with Crippen LogP contribution in [0.2, 0.25) is 0 Å². The van der Waals surface area contributed by atoms with Gasteiger partial charge in [0, 0.05) is 12.1 Å². The van der Waals surface area contributed by atoms with Gasteiger partial charge in [-0.15, -0.1) is 10.2 Å². The van der Waals surface area contributed by atoms with Crippen LogP contribution in [-0.4, -0.2) is 28.4 Å². The van der Waals surface area contributed by atoms with Crippen molar-refractivity contribution >= 4 is 17.7 Å². The summed E-state index contributed by atoms with van der Waals surface area (Å²) < 4.78 is 5.51. The number of amides is 1. The van der Waals surface area contributed by atoms with Gasteiger partial charge >= 0.3 is 0 Å². The topological polar surface area (TPSA) is 91.8 Å². The minimum atomic E-state index is -0.162. The van der Waals surface area contributed by atoms with E-state index in [1.165, 1.54) is 11.8 Å². The van der Waals surface area contributed by atoms with Crippen LogP contribution in [0.25, 0.3) is 11.5 Å². The quantitative estimate of drug-likeness (QED) is 0.649. The van der Waals surface area contributed by atoms with E-state index in [1.54, 1.807) is 0 Å². The molecule has 1 heterocycles. The van der Waals surface area contributed by atoms with E-state index in [-0.39, 0.29) is 11.7 Å². The van der Waals surface area contributed by atoms with E-state index in [2.05, 4.69) is 15.5 Å². The Morgan fingerprint density at radius 3 is 3.10 bits per heavy atom. The van der Waals surface area contributed by atoms with E-state index in [9.17, 15) is 4.79 Å². The van der Waals surface area contributed by atoms with Crippen LogP contribution < -0.4 is 5.32 Å². The Morgan fingerprint density at radius 1 is 1.48 bits per heavy atom. The maximum absolute atomic E-state index is 11.5. The van der Waals surface area contributed by atoms with Crippen LogP contribution in [0.4, 0.5) is 0 Å². The summed E-state index contributed by atoms with van der Waals surface area (Å²) in [5.41, 5.74) is 1.96. The molecule has 0 atom stereocenters. The van der Waals surface area contributed by atoms with Crippen LogP contribution in [0.15, 0.2) is 33.9 Å². The van der Waals surface area contributed by atoms with Gasteiger partial charge in [0.2, 0.25) is 11.8 Å². The first-order valence-electron chi connectivity index (χ1n) is 6.36. The second-order valence-corrected chi connectivity index (χ2v) is 5.22. The third-order valence-corrected chi connectivity index (χ3v) is 3.38. The highest BCUT2D eigenvalue weighted by Crippen LogP contribution is 2.23. The number of aromatic nitrogens is 2. The predicted octanol–water partition coefficient (Wildman–Crippen LogP) is 2.17. The lowest BCUT2D eigenvalue weighted by Crippen LogP contribution is -2.25. The van der Waals surface area contributed by atoms with Crippen molar-refractivity contribution in [1.29, 1.82) is 5.26 Å². The van der Waals surface area contributed by atoms with Crippen molar-refractivity contribution in [1.82, 2.24) is 15.5 Å². The van der Waals surface area contributed by atoms with E-state index in [0.29, 0.717) is 24.1 Å². The predicted molar refractivity (Wildman–Crippen MR) is 78.4 cm³/mol. The number of hydrogen-bond acceptors (Lipinski definition) is 6. The van der Waals surface area contributed by atoms with Gasteiger partial charge in [0.15, 0.2) is 0 Å². The van der Waals surface area contributed by atoms with Crippen LogP contribution in [-0.2, 0) is 4.79 Å². The summed E-state index contributed by atoms with van der Waals surface area (Å²) in [5.74, 6) is 0.456. The number of aryl methyl sites for hydroxylation is 1. The third kappa shape index (κ3) is 4.61. The van der Waals surface area contributed by atoms with E-state index < -0.39 is 0 Å². The second kappa shape index (κ2) is 7.45. The minimum absolute atomic E-state index is 0.162. The molecule has 2 rings (SSSR count). The standard InChI is InChI=1S/C14H14N4O2S/c1-10-4-2-5-11(8-10)13-17-18-14(20-13)21-9-12(19)16-7-3-6-15/h2,4-5,8H,3,7,9H2,1H3,(H,16,19). The summed E-state index contributed by atoms with van der Waals surface area (Å²) in [6.45, 7) is 2.34. The number of nitrogens with one attached hydrogen (secondary N) is 1. The molecular formula is C14H14N4O2S. The number of benzene rings is 1. The van der Waals surface area contributed by atoms with Crippen LogP contribution >= 0.6 is 11.8 Å². The largest absolute Gasteiger partial charge is 0.411 e. The van der Waals surface area contributed by atoms with Crippen molar-refractivity contribution in [3.63, 3.8) is 0 Å². The molecule has 1 N–H and O–H groups in total. The smallest absolute Gasteiger partial charge is 0.277 e. The molecule has 0 spiro atoms. The molecule has 108 valence electrons. The number of carbonyl (C=O) groups excluding carboxylic acids is 1. The fourth-order valence-electron chi connectivity index (χ4n) is 1.60. The van der Waals surface area contributed by atoms with Crippen molar-refractivity contribution in [3.05, 3.63) is 29.8 Å². The summed E-state index contributed by atoms with van der Waals surface area (Å²) in [6, 6.07) is 9.72. The molecule has 0 aliphatic rings. The van der Waals surface area contributed by atoms with Crippen molar-refractivity contribution < 1.29 is 9.21 Å². The summed E-state index contributed by atoms with van der Waals surface area (Å²) in [5, 5.41) is 19.2. The SMILES string of the molecule is Cc1cccc(-c2nnc(SCC(=O)NCCC#N)o2)c1. The van der Waals surface area contributed by atoms with E-state index in [0.717, 1.165) is 11.1 Å². The zero-order valence-corrected chi connectivity index (χ0v) is 12.3. The Kier molecular flexibility index (Phi) is 5.35. The lowest BCUT2D eigenvalue weighted by molar-refractivity contribution is -0.118. The van der Waals surface area contributed by atoms with Crippen molar-refractivity contribution in [3.8, 4) is 17.5 Å². The molecule has 0 radical (unpaired) electrons. The highest BCUT2D eigenvalue weighted by atomic mass is 32.2. The molecule has 0 aliphatic carbocycles. The molecule has 1 aromatic carbocycles. The molecule has 0 saturated carbocycles. The molecule has 7 heteroatoms. The first-order chi connectivity index (χ1) is 10.2. The van der Waals surface area contributed by atoms with Gasteiger partial charge in [-0.1, -0.05) is 29.5 Å². The molecular weight excluding hydrogens is 288 g/mol. The maximum Gasteiger partial charge on any atom is 0.277 e. The first-order valence-corrected chi connectivity index (χ1v) is 7.34. The van der Waals surface area contributed by atoms with Gasteiger partial charge in [0.05, 0.1) is 18.2 Å². The van der Waals surface area contributed by atoms with Crippen LogP contribution in [0.3, 0.4) is 0 Å². The number of hydrogen-bond donors (Lipinski definition) is 1. The zero-order chi connectivity index (χ0) is 15.1. The van der Waals surface area contributed by atoms with Gasteiger partial charge < -0.3 is 9.73 Å². The van der Waals surface area contributed by atoms with Crippen LogP contribution in [0.5, 0.6) is 0 Å². The second-order valence-electron chi connectivity index (χ2n) is 4.29. The summed E-state index contributed by atoms with van der Waals surface area (Å²) >= 11 is 1.17. The number of rotatable bonds is 6. The molecule has 0 saturated heterocycles. The average Bonchev–Trinajstić information content (AvgIpc) is 2.94. The zero-order valence-electron chi connectivity index (χ0n) is 11.5. The normalized spacial score (nSPS) is 10.1. The number of nitriles is 1. The molecule has 21 heavy (non-hydrogen) atoms. The molecule has 1 aromatic heterocycles. The molecule has 0 bridgehead atoms. The molecule has 1 amide bonds. The molecule has 0 aliphatic heterocycles. The lowest BCUT2D eigenvalue weighted by Gasteiger charge is -1.99. The van der Waals surface area contributed by atoms with Gasteiger partial charge in [-0.2, -0.15) is 5.26 Å². The number of thioether (sulfide) groups is 1. The van der Waals surface area contributed by atoms with Gasteiger partial charge in [0.25, 0.3) is 5.22 Å². The maximum atomic E-state index is 11.5. The highest BCUT2D eigenvalue weighted by molar-refractivity contribution is 7.99. The Hall–Kier alpha value is -2.33. The molecule has 0 fully saturated rings. The Bertz CT molecular complexity index is 663. The summed E-state index contributed by atoms with van der Waals surface area (Å²) in [6.07, 6.45) is 0.300. The number of carbonyl (C=O) groups is 1. The van der Waals surface area contributed by atoms with Crippen molar-refractivity contribution in [2.45, 2.75) is 18.6 Å². The van der Waals surface area contributed by atoms with E-state index >= 15 is 0 Å². The third-order valence-electron chi connectivity index (χ3n) is 2.56. The van der Waals surface area contributed by atoms with Crippen molar-refractivity contribution in [2.75, 3.05) is 12.3 Å². The Balaban J connectivity index is 1.89. The molecule has 6 nitrogen and oxygen atoms in total. The molecule has 2 aromatic rings. The summed E-state index contributed by atoms with van der Waals surface area (Å²) in [7, 11) is 0. The Morgan fingerprint density at radius 2 is 2.33 bits per heavy atom. The van der Waals surface area contributed by atoms with Gasteiger partial charge in [0.1, 0.15) is 0 Å². The van der Waals surface area contributed by atoms with Gasteiger partial charge in [-0.05, 0) is 19.1 Å². The Labute approximate surface area is 126 Å². The fraction of sp³-hybridized carbons (Fsp3) is 0.286. The highest BCUT2D eigenvalue weighted by Gasteiger charge is 2.11. The summed E-state index contributed by atoms with van der Waals surface area (Å²) in [4.78, 5) is 11.5. The average molecular weight is 302 g/mol. The van der Waals surface area contributed by atoms with Crippen molar-refractivity contribution in [2.24, 2.45) is 0 Å². The minimum Gasteiger partial charge on any atom is -0.411 e.